The molecule has 0 saturated heterocycles. The Morgan fingerprint density at radius 1 is 0.300 bits per heavy atom. The molecule has 0 heterocycles. The summed E-state index contributed by atoms with van der Waals surface area (Å²) in [5.41, 5.74) is 0. The van der Waals surface area contributed by atoms with Crippen molar-refractivity contribution in [1.29, 1.82) is 0 Å². The summed E-state index contributed by atoms with van der Waals surface area (Å²) in [6, 6.07) is 0. The molecule has 1 atom stereocenters. The van der Waals surface area contributed by atoms with Gasteiger partial charge in [0.05, 0.1) is 0 Å². The highest BCUT2D eigenvalue weighted by Gasteiger charge is 2.19. The Kier molecular flexibility index (Phi) is 55.8. The van der Waals surface area contributed by atoms with Crippen molar-refractivity contribution in [3.8, 4) is 0 Å². The molecule has 0 fully saturated rings. The van der Waals surface area contributed by atoms with Crippen LogP contribution in [0.2, 0.25) is 0 Å². The zero-order valence-corrected chi connectivity index (χ0v) is 46.3. The number of rotatable bonds is 54. The minimum atomic E-state index is -0.775. The van der Waals surface area contributed by atoms with Crippen LogP contribution in [0.25, 0.3) is 0 Å². The van der Waals surface area contributed by atoms with Crippen LogP contribution in [0.4, 0.5) is 0 Å². The third-order valence-electron chi connectivity index (χ3n) is 12.9. The fraction of sp³-hybridized carbons (Fsp3) is 0.766. The first-order chi connectivity index (χ1) is 34.5. The summed E-state index contributed by atoms with van der Waals surface area (Å²) >= 11 is 0. The predicted molar refractivity (Wildman–Crippen MR) is 302 cm³/mol. The highest BCUT2D eigenvalue weighted by Crippen LogP contribution is 2.16. The Labute approximate surface area is 433 Å². The SMILES string of the molecule is CC/C=C\C/C=C\C/C=C\C/C=C\CCCCCCCCCCCCCCC(=O)OCC(COC(=O)CCCCCCCC)OC(=O)CCCCCCCCCCC/C=C\C/C=C\CCCCCCC. The molecule has 0 aromatic carbocycles. The van der Waals surface area contributed by atoms with Gasteiger partial charge in [-0.1, -0.05) is 261 Å². The van der Waals surface area contributed by atoms with Crippen molar-refractivity contribution in [2.24, 2.45) is 0 Å². The van der Waals surface area contributed by atoms with Crippen molar-refractivity contribution in [2.75, 3.05) is 13.2 Å². The van der Waals surface area contributed by atoms with E-state index in [0.717, 1.165) is 89.9 Å². The standard InChI is InChI=1S/C64H112O6/c1-4-7-10-13-16-18-20-22-24-26-28-30-31-32-33-35-36-38-40-42-44-46-48-51-54-57-63(66)69-60-61(59-68-62(65)56-53-50-15-12-9-6-3)70-64(67)58-55-52-49-47-45-43-41-39-37-34-29-27-25-23-21-19-17-14-11-8-5-2/h7,10,16,18,21-24,27-30,61H,4-6,8-9,11-15,17,19-20,25-26,31-60H2,1-3H3/b10-7-,18-16-,23-21-,24-22-,29-27-,30-28-. The largest absolute Gasteiger partial charge is 0.462 e. The zero-order chi connectivity index (χ0) is 50.7. The number of hydrogen-bond acceptors (Lipinski definition) is 6. The molecule has 6 nitrogen and oxygen atoms in total. The van der Waals surface area contributed by atoms with Gasteiger partial charge < -0.3 is 14.2 Å². The van der Waals surface area contributed by atoms with E-state index in [9.17, 15) is 14.4 Å². The first-order valence-corrected chi connectivity index (χ1v) is 29.9. The average molecular weight is 978 g/mol. The molecule has 0 aliphatic rings. The molecule has 0 N–H and O–H groups in total. The van der Waals surface area contributed by atoms with Crippen molar-refractivity contribution in [3.63, 3.8) is 0 Å². The zero-order valence-electron chi connectivity index (χ0n) is 46.3. The lowest BCUT2D eigenvalue weighted by Gasteiger charge is -2.18. The molecule has 404 valence electrons. The number of carbonyl (C=O) groups is 3. The Morgan fingerprint density at radius 2 is 0.557 bits per heavy atom. The molecule has 0 amide bonds. The van der Waals surface area contributed by atoms with Gasteiger partial charge in [0.15, 0.2) is 6.10 Å². The Balaban J connectivity index is 4.12. The lowest BCUT2D eigenvalue weighted by Crippen LogP contribution is -2.30. The number of hydrogen-bond donors (Lipinski definition) is 0. The first-order valence-electron chi connectivity index (χ1n) is 29.9. The lowest BCUT2D eigenvalue weighted by atomic mass is 10.0. The van der Waals surface area contributed by atoms with Crippen molar-refractivity contribution < 1.29 is 28.6 Å². The maximum Gasteiger partial charge on any atom is 0.306 e. The molecule has 6 heteroatoms. The maximum atomic E-state index is 12.8. The van der Waals surface area contributed by atoms with Crippen molar-refractivity contribution in [1.82, 2.24) is 0 Å². The molecule has 0 aromatic rings. The highest BCUT2D eigenvalue weighted by molar-refractivity contribution is 5.71. The third-order valence-corrected chi connectivity index (χ3v) is 12.9. The van der Waals surface area contributed by atoms with Crippen molar-refractivity contribution in [2.45, 2.75) is 303 Å². The van der Waals surface area contributed by atoms with Gasteiger partial charge in [0.2, 0.25) is 0 Å². The topological polar surface area (TPSA) is 78.9 Å². The monoisotopic (exact) mass is 977 g/mol. The van der Waals surface area contributed by atoms with E-state index in [-0.39, 0.29) is 31.1 Å². The minimum absolute atomic E-state index is 0.0761. The smallest absolute Gasteiger partial charge is 0.306 e. The van der Waals surface area contributed by atoms with Gasteiger partial charge in [0.1, 0.15) is 13.2 Å². The van der Waals surface area contributed by atoms with Gasteiger partial charge in [-0.3, -0.25) is 14.4 Å². The molecule has 0 aliphatic carbocycles. The first kappa shape index (κ1) is 66.9. The molecule has 0 aromatic heterocycles. The summed E-state index contributed by atoms with van der Waals surface area (Å²) < 4.78 is 16.8. The highest BCUT2D eigenvalue weighted by atomic mass is 16.6. The van der Waals surface area contributed by atoms with Crippen LogP contribution in [0.5, 0.6) is 0 Å². The van der Waals surface area contributed by atoms with Gasteiger partial charge in [0, 0.05) is 19.3 Å². The molecule has 0 spiro atoms. The van der Waals surface area contributed by atoms with Crippen LogP contribution >= 0.6 is 0 Å². The van der Waals surface area contributed by atoms with Crippen molar-refractivity contribution in [3.05, 3.63) is 72.9 Å². The van der Waals surface area contributed by atoms with E-state index >= 15 is 0 Å². The molecule has 0 rings (SSSR count). The van der Waals surface area contributed by atoms with Crippen LogP contribution in [-0.2, 0) is 28.6 Å². The molecule has 1 unspecified atom stereocenters. The number of esters is 3. The van der Waals surface area contributed by atoms with Gasteiger partial charge in [-0.15, -0.1) is 0 Å². The fourth-order valence-corrected chi connectivity index (χ4v) is 8.47. The Bertz CT molecular complexity index is 1310. The van der Waals surface area contributed by atoms with E-state index in [1.807, 2.05) is 0 Å². The quantitative estimate of drug-likeness (QED) is 0.0261. The van der Waals surface area contributed by atoms with Crippen LogP contribution in [0.3, 0.4) is 0 Å². The maximum absolute atomic E-state index is 12.8. The summed E-state index contributed by atoms with van der Waals surface area (Å²) in [5, 5.41) is 0. The summed E-state index contributed by atoms with van der Waals surface area (Å²) in [5.74, 6) is -0.882. The summed E-state index contributed by atoms with van der Waals surface area (Å²) in [6.45, 7) is 6.48. The fourth-order valence-electron chi connectivity index (χ4n) is 8.47. The lowest BCUT2D eigenvalue weighted by molar-refractivity contribution is -0.167. The Hall–Kier alpha value is -3.15. The van der Waals surface area contributed by atoms with E-state index in [4.69, 9.17) is 14.2 Å². The van der Waals surface area contributed by atoms with E-state index < -0.39 is 6.10 Å². The number of unbranched alkanes of at least 4 members (excludes halogenated alkanes) is 31. The molecule has 0 radical (unpaired) electrons. The van der Waals surface area contributed by atoms with E-state index in [1.54, 1.807) is 0 Å². The molecule has 0 bridgehead atoms. The van der Waals surface area contributed by atoms with Gasteiger partial charge >= 0.3 is 17.9 Å². The van der Waals surface area contributed by atoms with E-state index in [2.05, 4.69) is 93.7 Å². The van der Waals surface area contributed by atoms with E-state index in [0.29, 0.717) is 19.3 Å². The third kappa shape index (κ3) is 55.8. The second-order valence-corrected chi connectivity index (χ2v) is 19.9. The molecular weight excluding hydrogens is 865 g/mol. The summed E-state index contributed by atoms with van der Waals surface area (Å²) in [7, 11) is 0. The van der Waals surface area contributed by atoms with Gasteiger partial charge in [0.25, 0.3) is 0 Å². The predicted octanol–water partition coefficient (Wildman–Crippen LogP) is 20.2. The number of allylic oxidation sites excluding steroid dienone is 12. The summed E-state index contributed by atoms with van der Waals surface area (Å²) in [4.78, 5) is 37.9. The second kappa shape index (κ2) is 58.4. The molecule has 0 aliphatic heterocycles. The van der Waals surface area contributed by atoms with Crippen LogP contribution in [-0.4, -0.2) is 37.2 Å². The minimum Gasteiger partial charge on any atom is -0.462 e. The van der Waals surface area contributed by atoms with Crippen LogP contribution in [0.1, 0.15) is 297 Å². The Morgan fingerprint density at radius 3 is 0.871 bits per heavy atom. The molecular formula is C64H112O6. The number of carbonyl (C=O) groups excluding carboxylic acids is 3. The van der Waals surface area contributed by atoms with Gasteiger partial charge in [-0.25, -0.2) is 0 Å². The normalized spacial score (nSPS) is 12.6. The van der Waals surface area contributed by atoms with Crippen molar-refractivity contribution >= 4 is 17.9 Å². The van der Waals surface area contributed by atoms with Crippen LogP contribution in [0.15, 0.2) is 72.9 Å². The van der Waals surface area contributed by atoms with E-state index in [1.165, 1.54) is 167 Å². The second-order valence-electron chi connectivity index (χ2n) is 19.9. The molecule has 70 heavy (non-hydrogen) atoms. The number of ether oxygens (including phenoxy) is 3. The van der Waals surface area contributed by atoms with Gasteiger partial charge in [-0.2, -0.15) is 0 Å². The average Bonchev–Trinajstić information content (AvgIpc) is 3.36. The van der Waals surface area contributed by atoms with Crippen LogP contribution < -0.4 is 0 Å². The summed E-state index contributed by atoms with van der Waals surface area (Å²) in [6.07, 6.45) is 75.0. The van der Waals surface area contributed by atoms with Crippen LogP contribution in [0, 0.1) is 0 Å². The molecule has 0 saturated carbocycles. The van der Waals surface area contributed by atoms with Gasteiger partial charge in [-0.05, 0) is 89.9 Å².